The summed E-state index contributed by atoms with van der Waals surface area (Å²) in [4.78, 5) is 0. The minimum atomic E-state index is 0.144. The van der Waals surface area contributed by atoms with Crippen LogP contribution in [-0.4, -0.2) is 20.2 Å². The number of benzene rings is 2. The smallest absolute Gasteiger partial charge is 0.248 e. The molecule has 4 rings (SSSR count). The normalized spacial score (nSPS) is 14.9. The number of nitrogens with zero attached hydrogens (tertiary/aromatic N) is 4. The van der Waals surface area contributed by atoms with E-state index in [1.54, 1.807) is 4.68 Å². The highest BCUT2D eigenvalue weighted by Gasteiger charge is 2.15. The summed E-state index contributed by atoms with van der Waals surface area (Å²) < 4.78 is 1.73. The maximum absolute atomic E-state index is 4.14. The van der Waals surface area contributed by atoms with Gasteiger partial charge >= 0.3 is 0 Å². The van der Waals surface area contributed by atoms with E-state index < -0.39 is 0 Å². The molecular formula is C19H21N5. The zero-order valence-corrected chi connectivity index (χ0v) is 13.8. The number of anilines is 1. The van der Waals surface area contributed by atoms with Crippen molar-refractivity contribution in [3.05, 3.63) is 65.2 Å². The molecule has 1 aliphatic carbocycles. The Morgan fingerprint density at radius 3 is 2.62 bits per heavy atom. The first kappa shape index (κ1) is 14.9. The van der Waals surface area contributed by atoms with Crippen LogP contribution >= 0.6 is 0 Å². The first-order valence-corrected chi connectivity index (χ1v) is 8.53. The highest BCUT2D eigenvalue weighted by atomic mass is 15.6. The predicted molar refractivity (Wildman–Crippen MR) is 94.3 cm³/mol. The van der Waals surface area contributed by atoms with Crippen LogP contribution in [0.2, 0.25) is 0 Å². The number of aryl methyl sites for hydroxylation is 2. The van der Waals surface area contributed by atoms with Crippen LogP contribution < -0.4 is 5.32 Å². The fourth-order valence-corrected chi connectivity index (χ4v) is 3.32. The molecule has 1 heterocycles. The van der Waals surface area contributed by atoms with Crippen LogP contribution in [0.15, 0.2) is 48.5 Å². The molecule has 0 saturated heterocycles. The lowest BCUT2D eigenvalue weighted by molar-refractivity contribution is 0.682. The third kappa shape index (κ3) is 2.89. The number of hydrogen-bond acceptors (Lipinski definition) is 4. The van der Waals surface area contributed by atoms with Gasteiger partial charge in [-0.2, -0.15) is 4.68 Å². The van der Waals surface area contributed by atoms with Crippen molar-refractivity contribution in [3.8, 4) is 5.69 Å². The van der Waals surface area contributed by atoms with Gasteiger partial charge in [-0.3, -0.25) is 0 Å². The van der Waals surface area contributed by atoms with Gasteiger partial charge in [0.15, 0.2) is 0 Å². The molecule has 0 unspecified atom stereocenters. The summed E-state index contributed by atoms with van der Waals surface area (Å²) in [5.41, 5.74) is 5.22. The van der Waals surface area contributed by atoms with Gasteiger partial charge in [0.05, 0.1) is 11.7 Å². The van der Waals surface area contributed by atoms with Gasteiger partial charge < -0.3 is 5.32 Å². The summed E-state index contributed by atoms with van der Waals surface area (Å²) >= 11 is 0. The van der Waals surface area contributed by atoms with Gasteiger partial charge in [0, 0.05) is 0 Å². The molecule has 1 N–H and O–H groups in total. The predicted octanol–water partition coefficient (Wildman–Crippen LogP) is 3.71. The van der Waals surface area contributed by atoms with Crippen molar-refractivity contribution in [2.24, 2.45) is 0 Å². The molecule has 1 atom stereocenters. The number of hydrogen-bond donors (Lipinski definition) is 1. The maximum Gasteiger partial charge on any atom is 0.248 e. The topological polar surface area (TPSA) is 55.6 Å². The van der Waals surface area contributed by atoms with Crippen molar-refractivity contribution >= 4 is 5.95 Å². The van der Waals surface area contributed by atoms with Crippen LogP contribution in [0.4, 0.5) is 5.95 Å². The Morgan fingerprint density at radius 1 is 1.00 bits per heavy atom. The van der Waals surface area contributed by atoms with Crippen molar-refractivity contribution in [1.29, 1.82) is 0 Å². The third-order valence-electron chi connectivity index (χ3n) is 4.69. The summed E-state index contributed by atoms with van der Waals surface area (Å²) in [6.07, 6.45) is 5.01. The van der Waals surface area contributed by atoms with Crippen molar-refractivity contribution < 1.29 is 0 Å². The van der Waals surface area contributed by atoms with Crippen molar-refractivity contribution in [3.63, 3.8) is 0 Å². The molecule has 0 spiro atoms. The Hall–Kier alpha value is -2.69. The quantitative estimate of drug-likeness (QED) is 0.796. The molecule has 5 heteroatoms. The number of rotatable bonds is 4. The molecule has 0 amide bonds. The summed E-state index contributed by atoms with van der Waals surface area (Å²) in [6.45, 7) is 2.15. The van der Waals surface area contributed by atoms with Crippen molar-refractivity contribution in [2.45, 2.75) is 38.6 Å². The second-order valence-corrected chi connectivity index (χ2v) is 6.35. The summed E-state index contributed by atoms with van der Waals surface area (Å²) in [5, 5.41) is 15.5. The first-order valence-electron chi connectivity index (χ1n) is 8.53. The van der Waals surface area contributed by atoms with Crippen LogP contribution in [-0.2, 0) is 12.8 Å². The number of tetrazole rings is 1. The Balaban J connectivity index is 1.57. The molecule has 5 nitrogen and oxygen atoms in total. The molecule has 0 fully saturated rings. The molecule has 1 aliphatic rings. The zero-order valence-electron chi connectivity index (χ0n) is 13.8. The van der Waals surface area contributed by atoms with Gasteiger partial charge in [0.25, 0.3) is 0 Å². The second-order valence-electron chi connectivity index (χ2n) is 6.35. The van der Waals surface area contributed by atoms with E-state index in [2.05, 4.69) is 46.0 Å². The SMILES string of the molecule is C[C@@H](Nc1nnnn1-c1ccccc1)c1ccc2c(c1)CCCC2. The van der Waals surface area contributed by atoms with Gasteiger partial charge in [-0.05, 0) is 71.9 Å². The van der Waals surface area contributed by atoms with Gasteiger partial charge in [-0.15, -0.1) is 0 Å². The van der Waals surface area contributed by atoms with Crippen molar-refractivity contribution in [2.75, 3.05) is 5.32 Å². The molecule has 1 aromatic heterocycles. The minimum absolute atomic E-state index is 0.144. The fraction of sp³-hybridized carbons (Fsp3) is 0.316. The van der Waals surface area contributed by atoms with E-state index in [0.29, 0.717) is 5.95 Å². The van der Waals surface area contributed by atoms with Gasteiger partial charge in [0.2, 0.25) is 5.95 Å². The van der Waals surface area contributed by atoms with Crippen LogP contribution in [0, 0.1) is 0 Å². The average molecular weight is 319 g/mol. The number of para-hydroxylation sites is 1. The lowest BCUT2D eigenvalue weighted by atomic mass is 9.89. The molecule has 0 radical (unpaired) electrons. The molecule has 3 aromatic rings. The summed E-state index contributed by atoms with van der Waals surface area (Å²) in [5.74, 6) is 0.659. The third-order valence-corrected chi connectivity index (χ3v) is 4.69. The maximum atomic E-state index is 4.14. The highest BCUT2D eigenvalue weighted by molar-refractivity contribution is 5.42. The summed E-state index contributed by atoms with van der Waals surface area (Å²) in [6, 6.07) is 16.9. The van der Waals surface area contributed by atoms with Crippen LogP contribution in [0.3, 0.4) is 0 Å². The fourth-order valence-electron chi connectivity index (χ4n) is 3.32. The molecule has 24 heavy (non-hydrogen) atoms. The number of nitrogens with one attached hydrogen (secondary N) is 1. The Bertz CT molecular complexity index is 825. The van der Waals surface area contributed by atoms with Crippen molar-refractivity contribution in [1.82, 2.24) is 20.2 Å². The molecule has 0 saturated carbocycles. The van der Waals surface area contributed by atoms with E-state index in [9.17, 15) is 0 Å². The van der Waals surface area contributed by atoms with Crippen LogP contribution in [0.5, 0.6) is 0 Å². The number of aromatic nitrogens is 4. The van der Waals surface area contributed by atoms with Gasteiger partial charge in [-0.1, -0.05) is 41.5 Å². The highest BCUT2D eigenvalue weighted by Crippen LogP contribution is 2.26. The molecule has 2 aromatic carbocycles. The van der Waals surface area contributed by atoms with E-state index in [1.807, 2.05) is 30.3 Å². The summed E-state index contributed by atoms with van der Waals surface area (Å²) in [7, 11) is 0. The Morgan fingerprint density at radius 2 is 1.79 bits per heavy atom. The molecule has 0 bridgehead atoms. The second kappa shape index (κ2) is 6.43. The Kier molecular flexibility index (Phi) is 3.99. The van der Waals surface area contributed by atoms with E-state index in [0.717, 1.165) is 5.69 Å². The molecule has 0 aliphatic heterocycles. The van der Waals surface area contributed by atoms with E-state index in [4.69, 9.17) is 0 Å². The lowest BCUT2D eigenvalue weighted by Gasteiger charge is -2.20. The monoisotopic (exact) mass is 319 g/mol. The molecule has 122 valence electrons. The molecular weight excluding hydrogens is 298 g/mol. The largest absolute Gasteiger partial charge is 0.346 e. The van der Waals surface area contributed by atoms with E-state index in [1.165, 1.54) is 42.4 Å². The average Bonchev–Trinajstić information content (AvgIpc) is 3.10. The lowest BCUT2D eigenvalue weighted by Crippen LogP contribution is -2.13. The van der Waals surface area contributed by atoms with Crippen LogP contribution in [0.1, 0.15) is 42.5 Å². The zero-order chi connectivity index (χ0) is 16.4. The number of fused-ring (bicyclic) bond motifs is 1. The first-order chi connectivity index (χ1) is 11.8. The Labute approximate surface area is 141 Å². The van der Waals surface area contributed by atoms with Gasteiger partial charge in [-0.25, -0.2) is 0 Å². The van der Waals surface area contributed by atoms with Gasteiger partial charge in [0.1, 0.15) is 0 Å². The van der Waals surface area contributed by atoms with E-state index >= 15 is 0 Å². The standard InChI is InChI=1S/C19H21N5/c1-14(16-12-11-15-7-5-6-8-17(15)13-16)20-19-21-22-23-24(19)18-9-3-2-4-10-18/h2-4,9-14H,5-8H2,1H3,(H,20,21,23)/t14-/m1/s1. The minimum Gasteiger partial charge on any atom is -0.346 e. The van der Waals surface area contributed by atoms with E-state index in [-0.39, 0.29) is 6.04 Å². The van der Waals surface area contributed by atoms with Crippen LogP contribution in [0.25, 0.3) is 5.69 Å².